The Balaban J connectivity index is 1.72. The molecule has 0 aliphatic rings. The van der Waals surface area contributed by atoms with Gasteiger partial charge in [-0.15, -0.1) is 0 Å². The van der Waals surface area contributed by atoms with Crippen LogP contribution in [0.3, 0.4) is 0 Å². The topological polar surface area (TPSA) is 75.7 Å². The van der Waals surface area contributed by atoms with E-state index in [1.807, 2.05) is 18.2 Å². The van der Waals surface area contributed by atoms with Crippen LogP contribution in [0.2, 0.25) is 5.02 Å². The molecule has 0 fully saturated rings. The van der Waals surface area contributed by atoms with Crippen LogP contribution in [-0.4, -0.2) is 34.5 Å². The van der Waals surface area contributed by atoms with Crippen molar-refractivity contribution in [2.75, 3.05) is 24.5 Å². The lowest BCUT2D eigenvalue weighted by Crippen LogP contribution is -2.41. The lowest BCUT2D eigenvalue weighted by molar-refractivity contribution is -0.119. The van der Waals surface area contributed by atoms with Gasteiger partial charge >= 0.3 is 0 Å². The number of nitrogens with zero attached hydrogens (tertiary/aromatic N) is 1. The molecule has 6 nitrogen and oxygen atoms in total. The highest BCUT2D eigenvalue weighted by Gasteiger charge is 2.27. The van der Waals surface area contributed by atoms with Crippen molar-refractivity contribution in [3.05, 3.63) is 89.2 Å². The Morgan fingerprint density at radius 2 is 1.70 bits per heavy atom. The SMILES string of the molecule is COc1ccc(S(=O)(=O)N(CC(=O)NCCCc2ccccc2Cl)c2ccc(F)cc2)cc1. The highest BCUT2D eigenvalue weighted by molar-refractivity contribution is 7.92. The van der Waals surface area contributed by atoms with Crippen molar-refractivity contribution >= 4 is 33.2 Å². The molecule has 1 amide bonds. The number of carbonyl (C=O) groups excluding carboxylic acids is 1. The summed E-state index contributed by atoms with van der Waals surface area (Å²) in [6.07, 6.45) is 1.31. The van der Waals surface area contributed by atoms with E-state index in [1.54, 1.807) is 6.07 Å². The van der Waals surface area contributed by atoms with Crippen molar-refractivity contribution in [1.29, 1.82) is 0 Å². The molecular formula is C24H24ClFN2O4S. The molecule has 174 valence electrons. The van der Waals surface area contributed by atoms with E-state index in [0.29, 0.717) is 30.2 Å². The average Bonchev–Trinajstić information content (AvgIpc) is 2.82. The molecule has 9 heteroatoms. The van der Waals surface area contributed by atoms with Crippen LogP contribution in [0, 0.1) is 5.82 Å². The van der Waals surface area contributed by atoms with Crippen LogP contribution in [0.5, 0.6) is 5.75 Å². The van der Waals surface area contributed by atoms with Crippen LogP contribution in [-0.2, 0) is 21.2 Å². The monoisotopic (exact) mass is 490 g/mol. The zero-order chi connectivity index (χ0) is 23.8. The first-order chi connectivity index (χ1) is 15.8. The van der Waals surface area contributed by atoms with Crippen LogP contribution in [0.4, 0.5) is 10.1 Å². The van der Waals surface area contributed by atoms with Gasteiger partial charge in [-0.1, -0.05) is 29.8 Å². The third kappa shape index (κ3) is 6.46. The van der Waals surface area contributed by atoms with E-state index >= 15 is 0 Å². The number of halogens is 2. The Hall–Kier alpha value is -3.10. The van der Waals surface area contributed by atoms with Gasteiger partial charge in [0.1, 0.15) is 18.1 Å². The van der Waals surface area contributed by atoms with Crippen LogP contribution < -0.4 is 14.4 Å². The summed E-state index contributed by atoms with van der Waals surface area (Å²) in [6, 6.07) is 18.2. The molecule has 0 aromatic heterocycles. The van der Waals surface area contributed by atoms with E-state index in [4.69, 9.17) is 16.3 Å². The van der Waals surface area contributed by atoms with Crippen LogP contribution in [0.1, 0.15) is 12.0 Å². The molecule has 0 aliphatic carbocycles. The number of methoxy groups -OCH3 is 1. The van der Waals surface area contributed by atoms with Crippen molar-refractivity contribution in [3.8, 4) is 5.75 Å². The Morgan fingerprint density at radius 3 is 2.33 bits per heavy atom. The fraction of sp³-hybridized carbons (Fsp3) is 0.208. The number of hydrogen-bond acceptors (Lipinski definition) is 4. The van der Waals surface area contributed by atoms with E-state index in [-0.39, 0.29) is 10.6 Å². The molecule has 0 aliphatic heterocycles. The molecule has 0 saturated heterocycles. The second kappa shape index (κ2) is 11.2. The summed E-state index contributed by atoms with van der Waals surface area (Å²) in [7, 11) is -2.61. The minimum atomic E-state index is -4.09. The first-order valence-corrected chi connectivity index (χ1v) is 12.1. The second-order valence-electron chi connectivity index (χ2n) is 7.21. The fourth-order valence-corrected chi connectivity index (χ4v) is 4.84. The Bertz CT molecular complexity index is 1190. The Morgan fingerprint density at radius 1 is 1.03 bits per heavy atom. The molecule has 3 rings (SSSR count). The number of hydrogen-bond donors (Lipinski definition) is 1. The van der Waals surface area contributed by atoms with Gasteiger partial charge in [0, 0.05) is 11.6 Å². The molecule has 0 unspecified atom stereocenters. The van der Waals surface area contributed by atoms with Crippen molar-refractivity contribution in [3.63, 3.8) is 0 Å². The van der Waals surface area contributed by atoms with Gasteiger partial charge in [-0.2, -0.15) is 0 Å². The molecule has 0 saturated carbocycles. The minimum absolute atomic E-state index is 0.0147. The zero-order valence-corrected chi connectivity index (χ0v) is 19.6. The maximum Gasteiger partial charge on any atom is 0.264 e. The van der Waals surface area contributed by atoms with Crippen molar-refractivity contribution in [2.45, 2.75) is 17.7 Å². The number of nitrogens with one attached hydrogen (secondary N) is 1. The molecule has 3 aromatic rings. The average molecular weight is 491 g/mol. The number of sulfonamides is 1. The van der Waals surface area contributed by atoms with Crippen molar-refractivity contribution < 1.29 is 22.3 Å². The predicted octanol–water partition coefficient (Wildman–Crippen LogP) is 4.43. The molecule has 1 N–H and O–H groups in total. The minimum Gasteiger partial charge on any atom is -0.497 e. The summed E-state index contributed by atoms with van der Waals surface area (Å²) >= 11 is 6.15. The van der Waals surface area contributed by atoms with Crippen molar-refractivity contribution in [1.82, 2.24) is 5.32 Å². The first-order valence-electron chi connectivity index (χ1n) is 10.2. The third-order valence-corrected chi connectivity index (χ3v) is 7.11. The van der Waals surface area contributed by atoms with E-state index in [9.17, 15) is 17.6 Å². The smallest absolute Gasteiger partial charge is 0.264 e. The molecule has 33 heavy (non-hydrogen) atoms. The summed E-state index contributed by atoms with van der Waals surface area (Å²) in [5.41, 5.74) is 1.15. The fourth-order valence-electron chi connectivity index (χ4n) is 3.19. The summed E-state index contributed by atoms with van der Waals surface area (Å²) in [6.45, 7) is -0.101. The molecular weight excluding hydrogens is 467 g/mol. The number of anilines is 1. The quantitative estimate of drug-likeness (QED) is 0.426. The number of benzene rings is 3. The largest absolute Gasteiger partial charge is 0.497 e. The van der Waals surface area contributed by atoms with Crippen LogP contribution >= 0.6 is 11.6 Å². The zero-order valence-electron chi connectivity index (χ0n) is 18.0. The summed E-state index contributed by atoms with van der Waals surface area (Å²) < 4.78 is 46.1. The van der Waals surface area contributed by atoms with Crippen molar-refractivity contribution in [2.24, 2.45) is 0 Å². The summed E-state index contributed by atoms with van der Waals surface area (Å²) in [5, 5.41) is 3.41. The summed E-state index contributed by atoms with van der Waals surface area (Å²) in [5.74, 6) is -0.487. The van der Waals surface area contributed by atoms with Gasteiger partial charge < -0.3 is 10.1 Å². The number of ether oxygens (including phenoxy) is 1. The number of aryl methyl sites for hydroxylation is 1. The molecule has 0 spiro atoms. The Labute approximate surface area is 198 Å². The third-order valence-electron chi connectivity index (χ3n) is 4.95. The maximum absolute atomic E-state index is 13.4. The van der Waals surface area contributed by atoms with Crippen LogP contribution in [0.15, 0.2) is 77.7 Å². The standard InChI is InChI=1S/C24H24ClFN2O4S/c1-32-21-12-14-22(15-13-21)33(30,31)28(20-10-8-19(26)9-11-20)17-24(29)27-16-4-6-18-5-2-3-7-23(18)25/h2-3,5,7-15H,4,6,16-17H2,1H3,(H,27,29). The van der Waals surface area contributed by atoms with E-state index in [2.05, 4.69) is 5.32 Å². The van der Waals surface area contributed by atoms with E-state index in [0.717, 1.165) is 22.0 Å². The van der Waals surface area contributed by atoms with E-state index < -0.39 is 28.3 Å². The Kier molecular flexibility index (Phi) is 8.30. The first kappa shape index (κ1) is 24.5. The van der Waals surface area contributed by atoms with Gasteiger partial charge in [0.2, 0.25) is 5.91 Å². The van der Waals surface area contributed by atoms with E-state index in [1.165, 1.54) is 43.5 Å². The number of carbonyl (C=O) groups is 1. The second-order valence-corrected chi connectivity index (χ2v) is 9.48. The molecule has 0 bridgehead atoms. The summed E-state index contributed by atoms with van der Waals surface area (Å²) in [4.78, 5) is 12.6. The molecule has 0 radical (unpaired) electrons. The highest BCUT2D eigenvalue weighted by atomic mass is 35.5. The lowest BCUT2D eigenvalue weighted by Gasteiger charge is -2.24. The molecule has 0 atom stereocenters. The normalized spacial score (nSPS) is 11.1. The number of amides is 1. The number of rotatable bonds is 10. The predicted molar refractivity (Wildman–Crippen MR) is 127 cm³/mol. The maximum atomic E-state index is 13.4. The van der Waals surface area contributed by atoms with Gasteiger partial charge in [0.05, 0.1) is 17.7 Å². The van der Waals surface area contributed by atoms with Gasteiger partial charge in [0.15, 0.2) is 0 Å². The molecule has 3 aromatic carbocycles. The van der Waals surface area contributed by atoms with Gasteiger partial charge in [-0.3, -0.25) is 9.10 Å². The highest BCUT2D eigenvalue weighted by Crippen LogP contribution is 2.25. The van der Waals surface area contributed by atoms with Crippen LogP contribution in [0.25, 0.3) is 0 Å². The lowest BCUT2D eigenvalue weighted by atomic mass is 10.1. The molecule has 0 heterocycles. The van der Waals surface area contributed by atoms with Gasteiger partial charge in [-0.05, 0) is 73.0 Å². The van der Waals surface area contributed by atoms with Gasteiger partial charge in [0.25, 0.3) is 10.0 Å². The van der Waals surface area contributed by atoms with Gasteiger partial charge in [-0.25, -0.2) is 12.8 Å².